The number of fused-ring (bicyclic) bond motifs is 1. The molecule has 2 aromatic rings. The molecule has 0 spiro atoms. The van der Waals surface area contributed by atoms with Gasteiger partial charge in [0, 0.05) is 32.4 Å². The average Bonchev–Trinajstić information content (AvgIpc) is 2.82. The number of pyridine rings is 1. The molecule has 0 atom stereocenters. The molecule has 1 aliphatic rings. The summed E-state index contributed by atoms with van der Waals surface area (Å²) < 4.78 is 5.62. The summed E-state index contributed by atoms with van der Waals surface area (Å²) >= 11 is 0. The van der Waals surface area contributed by atoms with Crippen LogP contribution in [-0.2, 0) is 4.79 Å². The van der Waals surface area contributed by atoms with Gasteiger partial charge in [0.1, 0.15) is 0 Å². The number of anilines is 1. The summed E-state index contributed by atoms with van der Waals surface area (Å²) in [6.07, 6.45) is 2.57. The molecule has 0 unspecified atom stereocenters. The van der Waals surface area contributed by atoms with E-state index in [1.807, 2.05) is 17.0 Å². The summed E-state index contributed by atoms with van der Waals surface area (Å²) in [7, 11) is 0. The number of oxazole rings is 1. The zero-order valence-electron chi connectivity index (χ0n) is 9.24. The van der Waals surface area contributed by atoms with Gasteiger partial charge < -0.3 is 14.2 Å². The fourth-order valence-electron chi connectivity index (χ4n) is 1.91. The van der Waals surface area contributed by atoms with E-state index in [4.69, 9.17) is 4.42 Å². The monoisotopic (exact) mass is 232 g/mol. The topological polar surface area (TPSA) is 62.5 Å². The molecule has 2 aromatic heterocycles. The Morgan fingerprint density at radius 2 is 2.12 bits per heavy atom. The van der Waals surface area contributed by atoms with E-state index in [0.717, 1.165) is 19.5 Å². The third-order valence-corrected chi connectivity index (χ3v) is 2.89. The van der Waals surface area contributed by atoms with Gasteiger partial charge in [-0.05, 0) is 12.1 Å². The van der Waals surface area contributed by atoms with Crippen molar-refractivity contribution in [1.29, 1.82) is 0 Å². The molecular weight excluding hydrogens is 220 g/mol. The Labute approximate surface area is 97.8 Å². The third-order valence-electron chi connectivity index (χ3n) is 2.89. The van der Waals surface area contributed by atoms with E-state index >= 15 is 0 Å². The molecule has 1 fully saturated rings. The van der Waals surface area contributed by atoms with Crippen molar-refractivity contribution in [3.63, 3.8) is 0 Å². The summed E-state index contributed by atoms with van der Waals surface area (Å²) in [5, 5.41) is 0. The second-order valence-electron chi connectivity index (χ2n) is 3.95. The Hall–Kier alpha value is -2.11. The highest BCUT2D eigenvalue weighted by Gasteiger charge is 2.20. The molecule has 1 saturated heterocycles. The van der Waals surface area contributed by atoms with Crippen molar-refractivity contribution in [1.82, 2.24) is 14.9 Å². The molecule has 0 aromatic carbocycles. The lowest BCUT2D eigenvalue weighted by atomic mass is 10.3. The van der Waals surface area contributed by atoms with Crippen LogP contribution in [0.3, 0.4) is 0 Å². The number of carbonyl (C=O) groups is 1. The number of carbonyl (C=O) groups excluding carboxylic acids is 1. The number of nitrogens with zero attached hydrogens (tertiary/aromatic N) is 4. The van der Waals surface area contributed by atoms with Gasteiger partial charge in [0.2, 0.25) is 12.1 Å². The van der Waals surface area contributed by atoms with Gasteiger partial charge >= 0.3 is 0 Å². The Morgan fingerprint density at radius 1 is 1.29 bits per heavy atom. The largest absolute Gasteiger partial charge is 0.422 e. The number of hydrogen-bond acceptors (Lipinski definition) is 5. The predicted octanol–water partition coefficient (Wildman–Crippen LogP) is 0.501. The minimum atomic E-state index is 0.587. The maximum absolute atomic E-state index is 10.6. The predicted molar refractivity (Wildman–Crippen MR) is 61.7 cm³/mol. The smallest absolute Gasteiger partial charge is 0.300 e. The second kappa shape index (κ2) is 4.04. The Kier molecular flexibility index (Phi) is 2.40. The first kappa shape index (κ1) is 10.1. The highest BCUT2D eigenvalue weighted by atomic mass is 16.4. The van der Waals surface area contributed by atoms with Crippen molar-refractivity contribution in [2.75, 3.05) is 31.1 Å². The zero-order valence-corrected chi connectivity index (χ0v) is 9.24. The number of piperazine rings is 1. The van der Waals surface area contributed by atoms with Gasteiger partial charge in [-0.25, -0.2) is 4.98 Å². The first-order valence-corrected chi connectivity index (χ1v) is 5.53. The van der Waals surface area contributed by atoms with Crippen LogP contribution in [0.15, 0.2) is 22.7 Å². The molecule has 0 aliphatic carbocycles. The van der Waals surface area contributed by atoms with Crippen molar-refractivity contribution in [3.8, 4) is 0 Å². The number of aromatic nitrogens is 2. The molecule has 6 heteroatoms. The van der Waals surface area contributed by atoms with Gasteiger partial charge in [-0.3, -0.25) is 4.79 Å². The Balaban J connectivity index is 1.82. The van der Waals surface area contributed by atoms with Crippen LogP contribution in [0, 0.1) is 0 Å². The minimum Gasteiger partial charge on any atom is -0.422 e. The summed E-state index contributed by atoms with van der Waals surface area (Å²) in [6.45, 7) is 2.89. The number of hydrogen-bond donors (Lipinski definition) is 0. The first-order chi connectivity index (χ1) is 8.36. The normalized spacial score (nSPS) is 16.5. The van der Waals surface area contributed by atoms with Crippen LogP contribution in [-0.4, -0.2) is 47.5 Å². The van der Waals surface area contributed by atoms with Crippen LogP contribution in [0.2, 0.25) is 0 Å². The highest BCUT2D eigenvalue weighted by Crippen LogP contribution is 2.20. The van der Waals surface area contributed by atoms with Gasteiger partial charge in [-0.2, -0.15) is 4.98 Å². The van der Waals surface area contributed by atoms with Crippen molar-refractivity contribution in [2.45, 2.75) is 0 Å². The Morgan fingerprint density at radius 3 is 2.82 bits per heavy atom. The lowest BCUT2D eigenvalue weighted by Crippen LogP contribution is -2.45. The molecule has 88 valence electrons. The summed E-state index contributed by atoms with van der Waals surface area (Å²) in [4.78, 5) is 22.8. The van der Waals surface area contributed by atoms with Crippen LogP contribution in [0.5, 0.6) is 0 Å². The molecule has 0 saturated carbocycles. The van der Waals surface area contributed by atoms with E-state index in [9.17, 15) is 4.79 Å². The van der Waals surface area contributed by atoms with Crippen LogP contribution < -0.4 is 4.90 Å². The van der Waals surface area contributed by atoms with Crippen molar-refractivity contribution >= 4 is 23.7 Å². The third kappa shape index (κ3) is 1.82. The lowest BCUT2D eigenvalue weighted by Gasteiger charge is -2.31. The molecule has 0 radical (unpaired) electrons. The van der Waals surface area contributed by atoms with Crippen molar-refractivity contribution in [2.24, 2.45) is 0 Å². The molecule has 1 aliphatic heterocycles. The van der Waals surface area contributed by atoms with Gasteiger partial charge in [-0.15, -0.1) is 0 Å². The van der Waals surface area contributed by atoms with Crippen LogP contribution in [0.4, 0.5) is 6.01 Å². The van der Waals surface area contributed by atoms with Gasteiger partial charge in [0.25, 0.3) is 6.01 Å². The van der Waals surface area contributed by atoms with E-state index in [1.165, 1.54) is 0 Å². The molecule has 3 rings (SSSR count). The molecule has 17 heavy (non-hydrogen) atoms. The van der Waals surface area contributed by atoms with Crippen LogP contribution in [0.1, 0.15) is 0 Å². The fraction of sp³-hybridized carbons (Fsp3) is 0.364. The van der Waals surface area contributed by atoms with E-state index in [0.29, 0.717) is 30.3 Å². The molecule has 1 amide bonds. The van der Waals surface area contributed by atoms with Gasteiger partial charge in [0.15, 0.2) is 5.58 Å². The molecule has 0 bridgehead atoms. The second-order valence-corrected chi connectivity index (χ2v) is 3.95. The molecule has 6 nitrogen and oxygen atoms in total. The van der Waals surface area contributed by atoms with E-state index in [1.54, 1.807) is 11.1 Å². The summed E-state index contributed by atoms with van der Waals surface area (Å²) in [5.74, 6) is 0. The van der Waals surface area contributed by atoms with Crippen molar-refractivity contribution in [3.05, 3.63) is 18.3 Å². The lowest BCUT2D eigenvalue weighted by molar-refractivity contribution is -0.118. The summed E-state index contributed by atoms with van der Waals surface area (Å²) in [5.41, 5.74) is 1.32. The van der Waals surface area contributed by atoms with Crippen molar-refractivity contribution < 1.29 is 9.21 Å². The first-order valence-electron chi connectivity index (χ1n) is 5.53. The van der Waals surface area contributed by atoms with Gasteiger partial charge in [-0.1, -0.05) is 0 Å². The maximum Gasteiger partial charge on any atom is 0.300 e. The maximum atomic E-state index is 10.6. The molecular formula is C11H12N4O2. The Bertz CT molecular complexity index is 498. The quantitative estimate of drug-likeness (QED) is 0.706. The van der Waals surface area contributed by atoms with Crippen LogP contribution in [0.25, 0.3) is 11.2 Å². The van der Waals surface area contributed by atoms with Crippen LogP contribution >= 0.6 is 0 Å². The minimum absolute atomic E-state index is 0.587. The standard InChI is InChI=1S/C11H12N4O2/c16-8-14-4-6-15(7-5-14)11-13-10-9(17-11)2-1-3-12-10/h1-3,8H,4-7H2. The average molecular weight is 232 g/mol. The highest BCUT2D eigenvalue weighted by molar-refractivity contribution is 5.69. The van der Waals surface area contributed by atoms with E-state index in [2.05, 4.69) is 9.97 Å². The fourth-order valence-corrected chi connectivity index (χ4v) is 1.91. The van der Waals surface area contributed by atoms with E-state index in [-0.39, 0.29) is 0 Å². The van der Waals surface area contributed by atoms with E-state index < -0.39 is 0 Å². The summed E-state index contributed by atoms with van der Waals surface area (Å²) in [6, 6.07) is 4.26. The molecule has 3 heterocycles. The molecule has 0 N–H and O–H groups in total. The number of rotatable bonds is 2. The SMILES string of the molecule is O=CN1CCN(c2nc3ncccc3o2)CC1. The number of amides is 1. The van der Waals surface area contributed by atoms with Gasteiger partial charge in [0.05, 0.1) is 0 Å². The zero-order chi connectivity index (χ0) is 11.7.